The number of aryl methyl sites for hydroxylation is 1. The Bertz CT molecular complexity index is 827. The molecule has 1 fully saturated rings. The first kappa shape index (κ1) is 21.6. The summed E-state index contributed by atoms with van der Waals surface area (Å²) in [5.41, 5.74) is 6.79. The lowest BCUT2D eigenvalue weighted by molar-refractivity contribution is 0.0663. The van der Waals surface area contributed by atoms with E-state index in [0.717, 1.165) is 64.8 Å². The van der Waals surface area contributed by atoms with Crippen LogP contribution in [0.15, 0.2) is 4.79 Å². The number of nitrogens with two attached hydrogens (primary N) is 1. The zero-order valence-corrected chi connectivity index (χ0v) is 17.6. The van der Waals surface area contributed by atoms with E-state index in [1.807, 2.05) is 6.92 Å². The lowest BCUT2D eigenvalue weighted by atomic mass is 10.0. The Morgan fingerprint density at radius 1 is 1.34 bits per heavy atom. The van der Waals surface area contributed by atoms with Crippen molar-refractivity contribution in [2.45, 2.75) is 65.0 Å². The van der Waals surface area contributed by atoms with Crippen molar-refractivity contribution in [2.24, 2.45) is 5.92 Å². The summed E-state index contributed by atoms with van der Waals surface area (Å²) < 4.78 is 12.8. The van der Waals surface area contributed by atoms with Crippen molar-refractivity contribution in [3.05, 3.63) is 10.5 Å². The van der Waals surface area contributed by atoms with E-state index in [-0.39, 0.29) is 23.6 Å². The molecule has 1 atom stereocenters. The maximum absolute atomic E-state index is 12.4. The standard InChI is InChI=1S/C20H34N6O3/c1-3-6-14(2)29-19-24-17(21)16-18(25-19)26(20(27)23-16)10-5-4-9-22-13-15-7-11-28-12-8-15/h14-15,22H,3-13H2,1-2H3,(H,23,27)(H2,21,24,25). The highest BCUT2D eigenvalue weighted by Crippen LogP contribution is 2.19. The Hall–Kier alpha value is -2.13. The predicted molar refractivity (Wildman–Crippen MR) is 113 cm³/mol. The second kappa shape index (κ2) is 10.6. The Kier molecular flexibility index (Phi) is 7.88. The van der Waals surface area contributed by atoms with E-state index in [2.05, 4.69) is 27.2 Å². The quantitative estimate of drug-likeness (QED) is 0.489. The molecule has 0 saturated carbocycles. The average Bonchev–Trinajstić information content (AvgIpc) is 3.01. The maximum Gasteiger partial charge on any atom is 0.327 e. The molecule has 1 saturated heterocycles. The van der Waals surface area contributed by atoms with Crippen molar-refractivity contribution in [1.29, 1.82) is 0 Å². The van der Waals surface area contributed by atoms with Crippen LogP contribution in [-0.2, 0) is 11.3 Å². The van der Waals surface area contributed by atoms with Gasteiger partial charge >= 0.3 is 11.7 Å². The van der Waals surface area contributed by atoms with Crippen LogP contribution in [-0.4, -0.2) is 51.9 Å². The number of fused-ring (bicyclic) bond motifs is 1. The van der Waals surface area contributed by atoms with Crippen LogP contribution in [0.4, 0.5) is 5.82 Å². The summed E-state index contributed by atoms with van der Waals surface area (Å²) in [5, 5.41) is 3.52. The van der Waals surface area contributed by atoms with Gasteiger partial charge in [0.2, 0.25) is 0 Å². The molecule has 3 rings (SSSR count). The van der Waals surface area contributed by atoms with E-state index in [4.69, 9.17) is 15.2 Å². The summed E-state index contributed by atoms with van der Waals surface area (Å²) in [6.45, 7) is 8.39. The zero-order valence-electron chi connectivity index (χ0n) is 17.6. The molecule has 0 aliphatic carbocycles. The molecule has 1 aliphatic heterocycles. The number of nitrogen functional groups attached to an aromatic ring is 1. The number of nitrogens with one attached hydrogen (secondary N) is 2. The summed E-state index contributed by atoms with van der Waals surface area (Å²) in [6, 6.07) is 0.224. The van der Waals surface area contributed by atoms with Gasteiger partial charge in [0.05, 0.1) is 6.10 Å². The van der Waals surface area contributed by atoms with Crippen molar-refractivity contribution < 1.29 is 9.47 Å². The maximum atomic E-state index is 12.4. The molecular formula is C20H34N6O3. The molecular weight excluding hydrogens is 372 g/mol. The third kappa shape index (κ3) is 5.93. The van der Waals surface area contributed by atoms with Crippen LogP contribution in [0.1, 0.15) is 52.4 Å². The second-order valence-electron chi connectivity index (χ2n) is 7.86. The fraction of sp³-hybridized carbons (Fsp3) is 0.750. The minimum absolute atomic E-state index is 0.00207. The summed E-state index contributed by atoms with van der Waals surface area (Å²) in [5.74, 6) is 0.954. The molecule has 0 amide bonds. The smallest absolute Gasteiger partial charge is 0.327 e. The number of unbranched alkanes of at least 4 members (excludes halogenated alkanes) is 1. The molecule has 9 heteroatoms. The van der Waals surface area contributed by atoms with Gasteiger partial charge in [-0.1, -0.05) is 13.3 Å². The van der Waals surface area contributed by atoms with Gasteiger partial charge in [-0.3, -0.25) is 4.57 Å². The molecule has 162 valence electrons. The monoisotopic (exact) mass is 406 g/mol. The SMILES string of the molecule is CCCC(C)Oc1nc(N)c2[nH]c(=O)n(CCCCNCC3CCOCC3)c2n1. The predicted octanol–water partition coefficient (Wildman–Crippen LogP) is 2.07. The van der Waals surface area contributed by atoms with Gasteiger partial charge < -0.3 is 25.5 Å². The van der Waals surface area contributed by atoms with Crippen LogP contribution in [0.5, 0.6) is 6.01 Å². The Morgan fingerprint density at radius 2 is 2.14 bits per heavy atom. The molecule has 3 heterocycles. The first-order valence-corrected chi connectivity index (χ1v) is 10.8. The lowest BCUT2D eigenvalue weighted by Gasteiger charge is -2.22. The van der Waals surface area contributed by atoms with Gasteiger partial charge in [0, 0.05) is 19.8 Å². The molecule has 4 N–H and O–H groups in total. The Morgan fingerprint density at radius 3 is 2.90 bits per heavy atom. The van der Waals surface area contributed by atoms with Crippen molar-refractivity contribution in [1.82, 2.24) is 24.8 Å². The highest BCUT2D eigenvalue weighted by Gasteiger charge is 2.16. The topological polar surface area (TPSA) is 120 Å². The van der Waals surface area contributed by atoms with Crippen LogP contribution < -0.4 is 21.5 Å². The Balaban J connectivity index is 1.54. The first-order chi connectivity index (χ1) is 14.1. The third-order valence-electron chi connectivity index (χ3n) is 5.39. The van der Waals surface area contributed by atoms with Gasteiger partial charge in [0.25, 0.3) is 0 Å². The van der Waals surface area contributed by atoms with Crippen molar-refractivity contribution >= 4 is 17.0 Å². The number of ether oxygens (including phenoxy) is 2. The number of aromatic amines is 1. The summed E-state index contributed by atoms with van der Waals surface area (Å²) in [6.07, 6.45) is 6.05. The third-order valence-corrected chi connectivity index (χ3v) is 5.39. The van der Waals surface area contributed by atoms with Crippen LogP contribution in [0.3, 0.4) is 0 Å². The molecule has 0 aromatic carbocycles. The van der Waals surface area contributed by atoms with E-state index >= 15 is 0 Å². The molecule has 9 nitrogen and oxygen atoms in total. The molecule has 29 heavy (non-hydrogen) atoms. The Labute approximate surface area is 171 Å². The van der Waals surface area contributed by atoms with E-state index in [9.17, 15) is 4.79 Å². The highest BCUT2D eigenvalue weighted by atomic mass is 16.5. The number of imidazole rings is 1. The van der Waals surface area contributed by atoms with E-state index in [0.29, 0.717) is 23.6 Å². The molecule has 1 unspecified atom stereocenters. The first-order valence-electron chi connectivity index (χ1n) is 10.8. The van der Waals surface area contributed by atoms with Gasteiger partial charge in [-0.2, -0.15) is 9.97 Å². The van der Waals surface area contributed by atoms with Gasteiger partial charge in [-0.15, -0.1) is 0 Å². The number of hydrogen-bond acceptors (Lipinski definition) is 7. The largest absolute Gasteiger partial charge is 0.460 e. The van der Waals surface area contributed by atoms with E-state index in [1.165, 1.54) is 0 Å². The van der Waals surface area contributed by atoms with Gasteiger partial charge in [0.15, 0.2) is 11.5 Å². The molecule has 2 aromatic heterocycles. The number of hydrogen-bond donors (Lipinski definition) is 3. The van der Waals surface area contributed by atoms with E-state index in [1.54, 1.807) is 4.57 Å². The van der Waals surface area contributed by atoms with Crippen LogP contribution >= 0.6 is 0 Å². The van der Waals surface area contributed by atoms with Gasteiger partial charge in [-0.05, 0) is 58.0 Å². The molecule has 2 aromatic rings. The molecule has 0 bridgehead atoms. The van der Waals surface area contributed by atoms with E-state index < -0.39 is 0 Å². The summed E-state index contributed by atoms with van der Waals surface area (Å²) >= 11 is 0. The second-order valence-corrected chi connectivity index (χ2v) is 7.86. The number of nitrogens with zero attached hydrogens (tertiary/aromatic N) is 3. The van der Waals surface area contributed by atoms with Crippen LogP contribution in [0, 0.1) is 5.92 Å². The minimum atomic E-state index is -0.213. The fourth-order valence-corrected chi connectivity index (χ4v) is 3.71. The van der Waals surface area contributed by atoms with Crippen LogP contribution in [0.2, 0.25) is 0 Å². The highest BCUT2D eigenvalue weighted by molar-refractivity contribution is 5.81. The number of anilines is 1. The number of H-pyrrole nitrogens is 1. The summed E-state index contributed by atoms with van der Waals surface area (Å²) in [4.78, 5) is 23.8. The normalized spacial score (nSPS) is 16.3. The average molecular weight is 407 g/mol. The summed E-state index contributed by atoms with van der Waals surface area (Å²) in [7, 11) is 0. The van der Waals surface area contributed by atoms with Gasteiger partial charge in [-0.25, -0.2) is 4.79 Å². The number of aromatic nitrogens is 4. The minimum Gasteiger partial charge on any atom is -0.460 e. The fourth-order valence-electron chi connectivity index (χ4n) is 3.71. The van der Waals surface area contributed by atoms with Crippen molar-refractivity contribution in [2.75, 3.05) is 32.0 Å². The van der Waals surface area contributed by atoms with Crippen molar-refractivity contribution in [3.63, 3.8) is 0 Å². The zero-order chi connectivity index (χ0) is 20.6. The van der Waals surface area contributed by atoms with Crippen molar-refractivity contribution in [3.8, 4) is 6.01 Å². The molecule has 0 spiro atoms. The lowest BCUT2D eigenvalue weighted by Crippen LogP contribution is -2.28. The van der Waals surface area contributed by atoms with Crippen LogP contribution in [0.25, 0.3) is 11.2 Å². The molecule has 1 aliphatic rings. The van der Waals surface area contributed by atoms with Gasteiger partial charge in [0.1, 0.15) is 5.52 Å². The molecule has 0 radical (unpaired) electrons. The number of rotatable bonds is 11.